The van der Waals surface area contributed by atoms with Gasteiger partial charge in [0.05, 0.1) is 11.9 Å². The van der Waals surface area contributed by atoms with Crippen LogP contribution in [0.25, 0.3) is 22.8 Å². The number of anilines is 2. The first-order chi connectivity index (χ1) is 14.5. The van der Waals surface area contributed by atoms with Crippen molar-refractivity contribution in [2.75, 3.05) is 38.2 Å². The van der Waals surface area contributed by atoms with Crippen LogP contribution < -0.4 is 16.4 Å². The Morgan fingerprint density at radius 3 is 2.67 bits per heavy atom. The van der Waals surface area contributed by atoms with Gasteiger partial charge in [-0.2, -0.15) is 0 Å². The van der Waals surface area contributed by atoms with E-state index in [1.807, 2.05) is 12.1 Å². The minimum absolute atomic E-state index is 0. The van der Waals surface area contributed by atoms with E-state index in [-0.39, 0.29) is 29.4 Å². The van der Waals surface area contributed by atoms with Crippen LogP contribution in [-0.4, -0.2) is 64.2 Å². The summed E-state index contributed by atoms with van der Waals surface area (Å²) in [4.78, 5) is 22.4. The molecule has 10 nitrogen and oxygen atoms in total. The van der Waals surface area contributed by atoms with Crippen LogP contribution in [0.5, 0.6) is 0 Å². The van der Waals surface area contributed by atoms with Gasteiger partial charge >= 0.3 is 6.01 Å². The largest absolute Gasteiger partial charge is 0.402 e. The summed E-state index contributed by atoms with van der Waals surface area (Å²) in [7, 11) is 3.43. The molecule has 3 heterocycles. The van der Waals surface area contributed by atoms with Crippen molar-refractivity contribution in [2.45, 2.75) is 18.9 Å². The summed E-state index contributed by atoms with van der Waals surface area (Å²) in [5, 5.41) is 14.7. The van der Waals surface area contributed by atoms with Gasteiger partial charge in [0.15, 0.2) is 11.5 Å². The first-order valence-corrected chi connectivity index (χ1v) is 9.77. The van der Waals surface area contributed by atoms with Crippen molar-refractivity contribution in [3.8, 4) is 22.8 Å². The molecule has 4 rings (SSSR count). The highest BCUT2D eigenvalue weighted by Gasteiger charge is 2.19. The van der Waals surface area contributed by atoms with E-state index in [4.69, 9.17) is 10.2 Å². The van der Waals surface area contributed by atoms with Crippen LogP contribution in [0.3, 0.4) is 0 Å². The topological polar surface area (TPSA) is 135 Å². The standard InChI is InChI=1S/C20H24N8O2.4H2/c1-28(2)19(29)13-5-3-12(4-6-13)15-11-23-17(21)16(25-15)18-26-27-20(30-18)24-14-7-9-22-10-8-14;;;;/h3-6,11,14,22H,7-10H2,1-2H3,(H2,21,23)(H,24,27);4*1H. The van der Waals surface area contributed by atoms with Crippen molar-refractivity contribution >= 4 is 17.7 Å². The SMILES string of the molecule is CN(C)C(=O)c1ccc(-c2cnc(N)c(-c3nnc(NC4CCNCC4)o3)n2)cc1.[HH].[HH].[HH].[HH]. The van der Waals surface area contributed by atoms with E-state index in [0.717, 1.165) is 31.5 Å². The number of carbonyl (C=O) groups is 1. The van der Waals surface area contributed by atoms with Gasteiger partial charge in [-0.25, -0.2) is 9.97 Å². The third-order valence-corrected chi connectivity index (χ3v) is 4.93. The Kier molecular flexibility index (Phi) is 5.57. The molecule has 3 aromatic rings. The lowest BCUT2D eigenvalue weighted by atomic mass is 10.1. The summed E-state index contributed by atoms with van der Waals surface area (Å²) in [6.45, 7) is 1.91. The summed E-state index contributed by atoms with van der Waals surface area (Å²) < 4.78 is 5.73. The molecule has 0 atom stereocenters. The molecule has 1 amide bonds. The first-order valence-electron chi connectivity index (χ1n) is 9.77. The van der Waals surface area contributed by atoms with Gasteiger partial charge in [-0.3, -0.25) is 4.79 Å². The average molecular weight is 417 g/mol. The minimum atomic E-state index is -0.0646. The predicted molar refractivity (Wildman–Crippen MR) is 121 cm³/mol. The van der Waals surface area contributed by atoms with Gasteiger partial charge in [-0.1, -0.05) is 17.2 Å². The highest BCUT2D eigenvalue weighted by Crippen LogP contribution is 2.26. The predicted octanol–water partition coefficient (Wildman–Crippen LogP) is 2.63. The number of nitrogens with zero attached hydrogens (tertiary/aromatic N) is 5. The number of amides is 1. The highest BCUT2D eigenvalue weighted by molar-refractivity contribution is 5.94. The second-order valence-corrected chi connectivity index (χ2v) is 7.35. The summed E-state index contributed by atoms with van der Waals surface area (Å²) in [6.07, 6.45) is 3.55. The van der Waals surface area contributed by atoms with Gasteiger partial charge in [0.25, 0.3) is 11.8 Å². The molecule has 1 saturated heterocycles. The van der Waals surface area contributed by atoms with E-state index in [0.29, 0.717) is 23.0 Å². The average Bonchev–Trinajstić information content (AvgIpc) is 3.22. The van der Waals surface area contributed by atoms with Crippen molar-refractivity contribution in [3.05, 3.63) is 36.0 Å². The van der Waals surface area contributed by atoms with E-state index in [9.17, 15) is 4.79 Å². The van der Waals surface area contributed by atoms with E-state index in [1.54, 1.807) is 32.4 Å². The number of nitrogen functional groups attached to an aromatic ring is 1. The Hall–Kier alpha value is -3.53. The monoisotopic (exact) mass is 416 g/mol. The molecule has 0 saturated carbocycles. The molecule has 0 spiro atoms. The fourth-order valence-corrected chi connectivity index (χ4v) is 3.25. The van der Waals surface area contributed by atoms with Gasteiger partial charge in [0.2, 0.25) is 0 Å². The maximum Gasteiger partial charge on any atom is 0.316 e. The number of hydrogen-bond donors (Lipinski definition) is 3. The lowest BCUT2D eigenvalue weighted by Crippen LogP contribution is -2.35. The van der Waals surface area contributed by atoms with Crippen LogP contribution in [0.15, 0.2) is 34.9 Å². The Morgan fingerprint density at radius 1 is 1.23 bits per heavy atom. The van der Waals surface area contributed by atoms with Crippen LogP contribution in [0.4, 0.5) is 11.8 Å². The highest BCUT2D eigenvalue weighted by atomic mass is 16.4. The number of nitrogens with two attached hydrogens (primary N) is 1. The number of carbonyl (C=O) groups excluding carboxylic acids is 1. The van der Waals surface area contributed by atoms with Gasteiger partial charge in [-0.05, 0) is 38.1 Å². The lowest BCUT2D eigenvalue weighted by molar-refractivity contribution is 0.0827. The molecule has 10 heteroatoms. The number of rotatable bonds is 5. The number of piperidine rings is 1. The van der Waals surface area contributed by atoms with Gasteiger partial charge in [-0.15, -0.1) is 5.10 Å². The Balaban J connectivity index is 0.00000272. The smallest absolute Gasteiger partial charge is 0.316 e. The van der Waals surface area contributed by atoms with Crippen molar-refractivity contribution in [1.82, 2.24) is 30.4 Å². The Morgan fingerprint density at radius 2 is 1.97 bits per heavy atom. The van der Waals surface area contributed by atoms with Gasteiger partial charge in [0, 0.05) is 37.0 Å². The van der Waals surface area contributed by atoms with Gasteiger partial charge in [0.1, 0.15) is 0 Å². The summed E-state index contributed by atoms with van der Waals surface area (Å²) in [5.74, 6) is 0.346. The number of nitrogens with one attached hydrogen (secondary N) is 2. The number of hydrogen-bond acceptors (Lipinski definition) is 9. The fourth-order valence-electron chi connectivity index (χ4n) is 3.25. The normalized spacial score (nSPS) is 14.5. The molecular formula is C20H32N8O2. The van der Waals surface area contributed by atoms with E-state index in [1.165, 1.54) is 4.90 Å². The first kappa shape index (κ1) is 19.8. The molecule has 164 valence electrons. The van der Waals surface area contributed by atoms with E-state index < -0.39 is 0 Å². The molecule has 30 heavy (non-hydrogen) atoms. The minimum Gasteiger partial charge on any atom is -0.402 e. The lowest BCUT2D eigenvalue weighted by Gasteiger charge is -2.22. The molecule has 1 aliphatic heterocycles. The molecule has 1 fully saturated rings. The second kappa shape index (κ2) is 8.46. The summed E-state index contributed by atoms with van der Waals surface area (Å²) in [6, 6.07) is 7.77. The molecule has 1 aromatic carbocycles. The Labute approximate surface area is 179 Å². The molecule has 0 aliphatic carbocycles. The van der Waals surface area contributed by atoms with Crippen LogP contribution in [0.2, 0.25) is 0 Å². The fraction of sp³-hybridized carbons (Fsp3) is 0.350. The summed E-state index contributed by atoms with van der Waals surface area (Å²) >= 11 is 0. The number of aromatic nitrogens is 4. The third-order valence-electron chi connectivity index (χ3n) is 4.93. The second-order valence-electron chi connectivity index (χ2n) is 7.35. The molecule has 4 N–H and O–H groups in total. The Bertz CT molecular complexity index is 1040. The molecular weight excluding hydrogens is 384 g/mol. The number of benzene rings is 1. The van der Waals surface area contributed by atoms with Gasteiger partial charge < -0.3 is 25.7 Å². The van der Waals surface area contributed by atoms with Crippen molar-refractivity contribution in [3.63, 3.8) is 0 Å². The third kappa shape index (κ3) is 4.23. The van der Waals surface area contributed by atoms with Crippen LogP contribution in [-0.2, 0) is 0 Å². The summed E-state index contributed by atoms with van der Waals surface area (Å²) in [5.41, 5.74) is 8.32. The van der Waals surface area contributed by atoms with Crippen molar-refractivity contribution in [1.29, 1.82) is 0 Å². The zero-order valence-corrected chi connectivity index (χ0v) is 16.9. The van der Waals surface area contributed by atoms with Crippen molar-refractivity contribution in [2.24, 2.45) is 0 Å². The zero-order chi connectivity index (χ0) is 21.1. The van der Waals surface area contributed by atoms with E-state index in [2.05, 4.69) is 30.8 Å². The molecule has 1 aliphatic rings. The quantitative estimate of drug-likeness (QED) is 0.573. The van der Waals surface area contributed by atoms with Crippen LogP contribution in [0, 0.1) is 0 Å². The van der Waals surface area contributed by atoms with Crippen LogP contribution in [0.1, 0.15) is 28.9 Å². The molecule has 0 bridgehead atoms. The van der Waals surface area contributed by atoms with Crippen LogP contribution >= 0.6 is 0 Å². The van der Waals surface area contributed by atoms with E-state index >= 15 is 0 Å². The molecule has 0 radical (unpaired) electrons. The molecule has 0 unspecified atom stereocenters. The molecule has 2 aromatic heterocycles. The maximum atomic E-state index is 12.1. The maximum absolute atomic E-state index is 12.1. The zero-order valence-electron chi connectivity index (χ0n) is 16.9. The van der Waals surface area contributed by atoms with Crippen molar-refractivity contribution < 1.29 is 14.9 Å².